The Morgan fingerprint density at radius 1 is 1.20 bits per heavy atom. The lowest BCUT2D eigenvalue weighted by molar-refractivity contribution is 0.533. The molecule has 0 aromatic heterocycles. The van der Waals surface area contributed by atoms with E-state index in [1.165, 1.54) is 23.9 Å². The van der Waals surface area contributed by atoms with Crippen LogP contribution in [0.2, 0.25) is 5.02 Å². The second-order valence-corrected chi connectivity index (χ2v) is 5.91. The lowest BCUT2D eigenvalue weighted by atomic mass is 10.0. The van der Waals surface area contributed by atoms with Gasteiger partial charge in [-0.25, -0.2) is 8.78 Å². The van der Waals surface area contributed by atoms with Crippen molar-refractivity contribution in [1.82, 2.24) is 0 Å². The van der Waals surface area contributed by atoms with E-state index in [0.29, 0.717) is 16.3 Å². The molecule has 0 heterocycles. The van der Waals surface area contributed by atoms with Gasteiger partial charge in [0.1, 0.15) is 11.6 Å². The molecule has 1 atom stereocenters. The fourth-order valence-electron chi connectivity index (χ4n) is 1.84. The van der Waals surface area contributed by atoms with Crippen molar-refractivity contribution in [1.29, 1.82) is 0 Å². The molecule has 1 unspecified atom stereocenters. The normalized spacial score (nSPS) is 12.4. The molecule has 0 saturated heterocycles. The third-order valence-electron chi connectivity index (χ3n) is 2.95. The van der Waals surface area contributed by atoms with Crippen LogP contribution in [0.1, 0.15) is 17.2 Å². The van der Waals surface area contributed by atoms with E-state index < -0.39 is 17.7 Å². The highest BCUT2D eigenvalue weighted by Gasteiger charge is 2.18. The van der Waals surface area contributed by atoms with E-state index in [0.717, 1.165) is 4.90 Å². The van der Waals surface area contributed by atoms with Gasteiger partial charge in [-0.2, -0.15) is 0 Å². The Morgan fingerprint density at radius 2 is 1.90 bits per heavy atom. The minimum atomic E-state index is -0.726. The van der Waals surface area contributed by atoms with Crippen molar-refractivity contribution in [3.63, 3.8) is 0 Å². The lowest BCUT2D eigenvalue weighted by Gasteiger charge is -2.15. The summed E-state index contributed by atoms with van der Waals surface area (Å²) in [6.07, 6.45) is 0. The Morgan fingerprint density at radius 3 is 2.60 bits per heavy atom. The summed E-state index contributed by atoms with van der Waals surface area (Å²) < 4.78 is 27.7. The highest BCUT2D eigenvalue weighted by atomic mass is 35.5. The van der Waals surface area contributed by atoms with E-state index in [1.807, 2.05) is 18.2 Å². The summed E-state index contributed by atoms with van der Waals surface area (Å²) in [7, 11) is 0. The van der Waals surface area contributed by atoms with Crippen molar-refractivity contribution < 1.29 is 8.78 Å². The number of rotatable bonds is 4. The predicted molar refractivity (Wildman–Crippen MR) is 80.2 cm³/mol. The van der Waals surface area contributed by atoms with Crippen LogP contribution in [0.15, 0.2) is 41.3 Å². The number of hydrogen-bond donors (Lipinski definition) is 1. The summed E-state index contributed by atoms with van der Waals surface area (Å²) in [6, 6.07) is 9.22. The minimum Gasteiger partial charge on any atom is -0.323 e. The van der Waals surface area contributed by atoms with Crippen LogP contribution < -0.4 is 5.73 Å². The van der Waals surface area contributed by atoms with Crippen molar-refractivity contribution in [3.8, 4) is 0 Å². The molecule has 0 bridgehead atoms. The molecule has 2 N–H and O–H groups in total. The lowest BCUT2D eigenvalue weighted by Crippen LogP contribution is -2.17. The minimum absolute atomic E-state index is 0.0652. The van der Waals surface area contributed by atoms with Crippen LogP contribution >= 0.6 is 23.4 Å². The number of nitrogens with two attached hydrogens (primary N) is 1. The molecule has 0 aliphatic heterocycles. The van der Waals surface area contributed by atoms with Gasteiger partial charge in [0, 0.05) is 22.3 Å². The first kappa shape index (κ1) is 15.3. The topological polar surface area (TPSA) is 26.0 Å². The molecule has 20 heavy (non-hydrogen) atoms. The average Bonchev–Trinajstić information content (AvgIpc) is 2.42. The maximum Gasteiger partial charge on any atom is 0.133 e. The molecule has 0 radical (unpaired) electrons. The van der Waals surface area contributed by atoms with Crippen LogP contribution in [0.4, 0.5) is 8.78 Å². The number of aryl methyl sites for hydroxylation is 1. The van der Waals surface area contributed by atoms with Gasteiger partial charge in [-0.05, 0) is 30.7 Å². The first-order valence-corrected chi connectivity index (χ1v) is 7.44. The summed E-state index contributed by atoms with van der Waals surface area (Å²) in [4.78, 5) is 0.845. The Balaban J connectivity index is 2.15. The molecule has 0 aliphatic rings. The third kappa shape index (κ3) is 3.32. The van der Waals surface area contributed by atoms with Crippen LogP contribution in [-0.2, 0) is 0 Å². The number of benzene rings is 2. The standard InChI is InChI=1S/C15H14ClF2NS/c1-9-6-7-11(17)14(15(9)18)12(19)8-20-13-5-3-2-4-10(13)16/h2-7,12H,8,19H2,1H3. The smallest absolute Gasteiger partial charge is 0.133 e. The van der Waals surface area contributed by atoms with Crippen LogP contribution in [0.25, 0.3) is 0 Å². The molecule has 0 fully saturated rings. The zero-order chi connectivity index (χ0) is 14.7. The van der Waals surface area contributed by atoms with Gasteiger partial charge < -0.3 is 5.73 Å². The van der Waals surface area contributed by atoms with Gasteiger partial charge in [-0.3, -0.25) is 0 Å². The predicted octanol–water partition coefficient (Wildman–Crippen LogP) is 4.72. The Bertz CT molecular complexity index is 619. The molecular formula is C15H14ClF2NS. The molecule has 0 amide bonds. The van der Waals surface area contributed by atoms with Crippen LogP contribution in [0, 0.1) is 18.6 Å². The molecule has 0 aliphatic carbocycles. The number of thioether (sulfide) groups is 1. The molecule has 2 rings (SSSR count). The van der Waals surface area contributed by atoms with Gasteiger partial charge in [-0.15, -0.1) is 11.8 Å². The molecule has 2 aromatic rings. The second kappa shape index (κ2) is 6.57. The Kier molecular flexibility index (Phi) is 5.02. The van der Waals surface area contributed by atoms with Gasteiger partial charge >= 0.3 is 0 Å². The fraction of sp³-hybridized carbons (Fsp3) is 0.200. The fourth-order valence-corrected chi connectivity index (χ4v) is 3.05. The Hall–Kier alpha value is -1.10. The Labute approximate surface area is 126 Å². The van der Waals surface area contributed by atoms with E-state index in [9.17, 15) is 8.78 Å². The van der Waals surface area contributed by atoms with E-state index in [-0.39, 0.29) is 5.56 Å². The molecule has 0 spiro atoms. The van der Waals surface area contributed by atoms with Crippen LogP contribution in [0.5, 0.6) is 0 Å². The molecule has 106 valence electrons. The third-order valence-corrected chi connectivity index (χ3v) is 4.58. The van der Waals surface area contributed by atoms with E-state index in [1.54, 1.807) is 13.0 Å². The van der Waals surface area contributed by atoms with E-state index in [4.69, 9.17) is 17.3 Å². The average molecular weight is 314 g/mol. The highest BCUT2D eigenvalue weighted by molar-refractivity contribution is 7.99. The summed E-state index contributed by atoms with van der Waals surface area (Å²) in [5.41, 5.74) is 6.24. The molecule has 0 saturated carbocycles. The van der Waals surface area contributed by atoms with Gasteiger partial charge in [0.05, 0.1) is 5.02 Å². The zero-order valence-electron chi connectivity index (χ0n) is 10.9. The molecule has 5 heteroatoms. The SMILES string of the molecule is Cc1ccc(F)c(C(N)CSc2ccccc2Cl)c1F. The monoisotopic (exact) mass is 313 g/mol. The molecule has 2 aromatic carbocycles. The van der Waals surface area contributed by atoms with Gasteiger partial charge in [0.25, 0.3) is 0 Å². The van der Waals surface area contributed by atoms with Crippen LogP contribution in [-0.4, -0.2) is 5.75 Å². The van der Waals surface area contributed by atoms with Crippen molar-refractivity contribution >= 4 is 23.4 Å². The maximum absolute atomic E-state index is 14.0. The largest absolute Gasteiger partial charge is 0.323 e. The first-order chi connectivity index (χ1) is 9.50. The molecule has 1 nitrogen and oxygen atoms in total. The summed E-state index contributed by atoms with van der Waals surface area (Å²) >= 11 is 7.41. The van der Waals surface area contributed by atoms with Crippen LogP contribution in [0.3, 0.4) is 0 Å². The first-order valence-electron chi connectivity index (χ1n) is 6.08. The van der Waals surface area contributed by atoms with Gasteiger partial charge in [-0.1, -0.05) is 29.8 Å². The summed E-state index contributed by atoms with van der Waals surface area (Å²) in [6.45, 7) is 1.59. The van der Waals surface area contributed by atoms with E-state index >= 15 is 0 Å². The zero-order valence-corrected chi connectivity index (χ0v) is 12.4. The molecular weight excluding hydrogens is 300 g/mol. The van der Waals surface area contributed by atoms with Crippen molar-refractivity contribution in [2.75, 3.05) is 5.75 Å². The quantitative estimate of drug-likeness (QED) is 0.827. The van der Waals surface area contributed by atoms with Crippen molar-refractivity contribution in [3.05, 3.63) is 64.2 Å². The second-order valence-electron chi connectivity index (χ2n) is 4.44. The van der Waals surface area contributed by atoms with Gasteiger partial charge in [0.2, 0.25) is 0 Å². The highest BCUT2D eigenvalue weighted by Crippen LogP contribution is 2.31. The number of halogens is 3. The van der Waals surface area contributed by atoms with Gasteiger partial charge in [0.15, 0.2) is 0 Å². The van der Waals surface area contributed by atoms with Crippen molar-refractivity contribution in [2.45, 2.75) is 17.9 Å². The van der Waals surface area contributed by atoms with Crippen molar-refractivity contribution in [2.24, 2.45) is 5.73 Å². The maximum atomic E-state index is 14.0. The summed E-state index contributed by atoms with van der Waals surface area (Å²) in [5.74, 6) is -0.835. The van der Waals surface area contributed by atoms with E-state index in [2.05, 4.69) is 0 Å². The number of hydrogen-bond acceptors (Lipinski definition) is 2. The summed E-state index contributed by atoms with van der Waals surface area (Å²) in [5, 5.41) is 0.606.